The van der Waals surface area contributed by atoms with Crippen LogP contribution < -0.4 is 4.74 Å². The molecule has 1 fully saturated rings. The highest BCUT2D eigenvalue weighted by Crippen LogP contribution is 2.27. The predicted molar refractivity (Wildman–Crippen MR) is 101 cm³/mol. The van der Waals surface area contributed by atoms with E-state index in [0.29, 0.717) is 23.0 Å². The smallest absolute Gasteiger partial charge is 0.233 e. The van der Waals surface area contributed by atoms with Crippen LogP contribution in [-0.2, 0) is 14.6 Å². The summed E-state index contributed by atoms with van der Waals surface area (Å²) >= 11 is 1.20. The van der Waals surface area contributed by atoms with E-state index in [4.69, 9.17) is 4.74 Å². The van der Waals surface area contributed by atoms with Gasteiger partial charge in [-0.15, -0.1) is 5.10 Å². The number of hydrogen-bond acceptors (Lipinski definition) is 8. The van der Waals surface area contributed by atoms with E-state index in [9.17, 15) is 13.2 Å². The minimum Gasteiger partial charge on any atom is -0.494 e. The van der Waals surface area contributed by atoms with Crippen molar-refractivity contribution in [3.05, 3.63) is 23.8 Å². The molecule has 2 aromatic rings. The summed E-state index contributed by atoms with van der Waals surface area (Å²) in [6.45, 7) is 1.95. The summed E-state index contributed by atoms with van der Waals surface area (Å²) in [4.78, 5) is 14.0. The molecule has 1 aliphatic heterocycles. The van der Waals surface area contributed by atoms with Gasteiger partial charge in [0, 0.05) is 13.1 Å². The van der Waals surface area contributed by atoms with E-state index in [1.807, 2.05) is 25.1 Å². The second kappa shape index (κ2) is 7.85. The maximum absolute atomic E-state index is 12.5. The molecule has 1 aromatic heterocycles. The standard InChI is InChI=1S/C16H21N5O4S2/c1-11-4-5-14(25-3)13(8-11)21-16(17-18-19-21)26-9-15(22)20(2)12-6-7-27(23,24)10-12/h4-5,8,12H,6-7,9-10H2,1-3H3. The van der Waals surface area contributed by atoms with Crippen molar-refractivity contribution < 1.29 is 17.9 Å². The van der Waals surface area contributed by atoms with Gasteiger partial charge in [0.15, 0.2) is 9.84 Å². The Morgan fingerprint density at radius 1 is 1.44 bits per heavy atom. The Morgan fingerprint density at radius 3 is 2.89 bits per heavy atom. The van der Waals surface area contributed by atoms with Crippen LogP contribution in [0.1, 0.15) is 12.0 Å². The second-order valence-electron chi connectivity index (χ2n) is 6.40. The molecule has 1 aliphatic rings. The summed E-state index contributed by atoms with van der Waals surface area (Å²) in [5.74, 6) is 0.732. The van der Waals surface area contributed by atoms with Gasteiger partial charge in [-0.25, -0.2) is 8.42 Å². The first-order chi connectivity index (χ1) is 12.8. The van der Waals surface area contributed by atoms with Crippen LogP contribution in [0.5, 0.6) is 5.75 Å². The lowest BCUT2D eigenvalue weighted by molar-refractivity contribution is -0.128. The highest BCUT2D eigenvalue weighted by atomic mass is 32.2. The summed E-state index contributed by atoms with van der Waals surface area (Å²) in [6, 6.07) is 5.39. The first kappa shape index (κ1) is 19.6. The fourth-order valence-corrected chi connectivity index (χ4v) is 5.48. The average Bonchev–Trinajstić information content (AvgIpc) is 3.24. The van der Waals surface area contributed by atoms with Crippen molar-refractivity contribution in [2.75, 3.05) is 31.4 Å². The molecule has 0 radical (unpaired) electrons. The zero-order valence-electron chi connectivity index (χ0n) is 15.3. The van der Waals surface area contributed by atoms with Gasteiger partial charge in [0.1, 0.15) is 11.4 Å². The minimum atomic E-state index is -3.04. The topological polar surface area (TPSA) is 107 Å². The first-order valence-electron chi connectivity index (χ1n) is 8.33. The Labute approximate surface area is 162 Å². The normalized spacial score (nSPS) is 18.4. The summed E-state index contributed by atoms with van der Waals surface area (Å²) in [5.41, 5.74) is 1.71. The SMILES string of the molecule is COc1ccc(C)cc1-n1nnnc1SCC(=O)N(C)C1CCS(=O)(=O)C1. The minimum absolute atomic E-state index is 0.0259. The van der Waals surface area contributed by atoms with Crippen molar-refractivity contribution in [1.29, 1.82) is 0 Å². The van der Waals surface area contributed by atoms with E-state index >= 15 is 0 Å². The van der Waals surface area contributed by atoms with Crippen molar-refractivity contribution in [3.63, 3.8) is 0 Å². The maximum atomic E-state index is 12.5. The molecular formula is C16H21N5O4S2. The molecule has 0 spiro atoms. The fourth-order valence-electron chi connectivity index (χ4n) is 2.90. The lowest BCUT2D eigenvalue weighted by Crippen LogP contribution is -2.38. The van der Waals surface area contributed by atoms with Gasteiger partial charge in [0.2, 0.25) is 11.1 Å². The molecule has 0 saturated carbocycles. The van der Waals surface area contributed by atoms with Crippen molar-refractivity contribution in [3.8, 4) is 11.4 Å². The molecule has 3 rings (SSSR count). The van der Waals surface area contributed by atoms with Crippen molar-refractivity contribution in [1.82, 2.24) is 25.1 Å². The monoisotopic (exact) mass is 411 g/mol. The van der Waals surface area contributed by atoms with Gasteiger partial charge in [0.25, 0.3) is 0 Å². The molecule has 11 heteroatoms. The second-order valence-corrected chi connectivity index (χ2v) is 9.57. The molecule has 9 nitrogen and oxygen atoms in total. The van der Waals surface area contributed by atoms with Gasteiger partial charge in [-0.3, -0.25) is 4.79 Å². The number of ether oxygens (including phenoxy) is 1. The van der Waals surface area contributed by atoms with Crippen LogP contribution in [-0.4, -0.2) is 76.9 Å². The lowest BCUT2D eigenvalue weighted by atomic mass is 10.2. The van der Waals surface area contributed by atoms with E-state index in [0.717, 1.165) is 5.56 Å². The third-order valence-electron chi connectivity index (χ3n) is 4.48. The van der Waals surface area contributed by atoms with Gasteiger partial charge in [-0.05, 0) is 41.5 Å². The Hall–Kier alpha value is -2.14. The highest BCUT2D eigenvalue weighted by molar-refractivity contribution is 7.99. The van der Waals surface area contributed by atoms with Crippen LogP contribution in [0.25, 0.3) is 5.69 Å². The number of amides is 1. The number of thioether (sulfide) groups is 1. The lowest BCUT2D eigenvalue weighted by Gasteiger charge is -2.23. The number of aromatic nitrogens is 4. The molecule has 0 bridgehead atoms. The van der Waals surface area contributed by atoms with Crippen LogP contribution in [0.2, 0.25) is 0 Å². The Kier molecular flexibility index (Phi) is 5.70. The summed E-state index contributed by atoms with van der Waals surface area (Å²) < 4.78 is 30.1. The van der Waals surface area contributed by atoms with Gasteiger partial charge in [-0.1, -0.05) is 17.8 Å². The van der Waals surface area contributed by atoms with Gasteiger partial charge in [-0.2, -0.15) is 4.68 Å². The zero-order chi connectivity index (χ0) is 19.6. The molecule has 0 N–H and O–H groups in total. The third kappa shape index (κ3) is 4.41. The van der Waals surface area contributed by atoms with Gasteiger partial charge < -0.3 is 9.64 Å². The number of sulfone groups is 1. The quantitative estimate of drug-likeness (QED) is 0.640. The van der Waals surface area contributed by atoms with Crippen LogP contribution in [0.15, 0.2) is 23.4 Å². The highest BCUT2D eigenvalue weighted by Gasteiger charge is 2.32. The summed E-state index contributed by atoms with van der Waals surface area (Å²) in [7, 11) is 0.171. The largest absolute Gasteiger partial charge is 0.494 e. The van der Waals surface area contributed by atoms with Crippen LogP contribution in [0.3, 0.4) is 0 Å². The molecule has 1 atom stereocenters. The molecule has 1 saturated heterocycles. The number of nitrogens with zero attached hydrogens (tertiary/aromatic N) is 5. The number of aryl methyl sites for hydroxylation is 1. The van der Waals surface area contributed by atoms with Gasteiger partial charge in [0.05, 0.1) is 24.4 Å². The van der Waals surface area contributed by atoms with E-state index in [-0.39, 0.29) is 29.2 Å². The van der Waals surface area contributed by atoms with E-state index < -0.39 is 9.84 Å². The molecule has 27 heavy (non-hydrogen) atoms. The van der Waals surface area contributed by atoms with Crippen LogP contribution >= 0.6 is 11.8 Å². The number of carbonyl (C=O) groups is 1. The van der Waals surface area contributed by atoms with E-state index in [2.05, 4.69) is 15.5 Å². The number of tetrazole rings is 1. The number of hydrogen-bond donors (Lipinski definition) is 0. The molecule has 146 valence electrons. The summed E-state index contributed by atoms with van der Waals surface area (Å²) in [5, 5.41) is 12.2. The Balaban J connectivity index is 1.71. The molecular weight excluding hydrogens is 390 g/mol. The van der Waals surface area contributed by atoms with Crippen LogP contribution in [0, 0.1) is 6.92 Å². The third-order valence-corrected chi connectivity index (χ3v) is 7.13. The van der Waals surface area contributed by atoms with Crippen molar-refractivity contribution in [2.45, 2.75) is 24.5 Å². The molecule has 0 aliphatic carbocycles. The maximum Gasteiger partial charge on any atom is 0.233 e. The van der Waals surface area contributed by atoms with E-state index in [1.54, 1.807) is 14.2 Å². The summed E-state index contributed by atoms with van der Waals surface area (Å²) in [6.07, 6.45) is 0.480. The van der Waals surface area contributed by atoms with Crippen molar-refractivity contribution in [2.24, 2.45) is 0 Å². The molecule has 1 unspecified atom stereocenters. The van der Waals surface area contributed by atoms with Gasteiger partial charge >= 0.3 is 0 Å². The molecule has 2 heterocycles. The predicted octanol–water partition coefficient (Wildman–Crippen LogP) is 0.717. The number of benzene rings is 1. The number of methoxy groups -OCH3 is 1. The van der Waals surface area contributed by atoms with Crippen LogP contribution in [0.4, 0.5) is 0 Å². The Bertz CT molecular complexity index is 944. The first-order valence-corrected chi connectivity index (χ1v) is 11.1. The van der Waals surface area contributed by atoms with E-state index in [1.165, 1.54) is 21.3 Å². The molecule has 1 aromatic carbocycles. The zero-order valence-corrected chi connectivity index (χ0v) is 17.0. The fraction of sp³-hybridized carbons (Fsp3) is 0.500. The van der Waals surface area contributed by atoms with Crippen molar-refractivity contribution >= 4 is 27.5 Å². The number of carbonyl (C=O) groups excluding carboxylic acids is 1. The molecule has 1 amide bonds. The Morgan fingerprint density at radius 2 is 2.22 bits per heavy atom. The average molecular weight is 412 g/mol. The number of rotatable bonds is 6.